The third-order valence-electron chi connectivity index (χ3n) is 1.88. The number of nitrogens with two attached hydrogens (primary N) is 1. The van der Waals surface area contributed by atoms with E-state index in [0.29, 0.717) is 24.6 Å². The highest BCUT2D eigenvalue weighted by molar-refractivity contribution is 5.57. The molecule has 0 amide bonds. The number of nitrogen functional groups attached to an aromatic ring is 1. The molecule has 2 N–H and O–H groups in total. The third-order valence-corrected chi connectivity index (χ3v) is 1.88. The molecule has 1 aromatic rings. The lowest BCUT2D eigenvalue weighted by molar-refractivity contribution is 0.809. The third kappa shape index (κ3) is 2.33. The fourth-order valence-corrected chi connectivity index (χ4v) is 1.18. The molecule has 0 aliphatic carbocycles. The maximum Gasteiger partial charge on any atom is 0.171 e. The van der Waals surface area contributed by atoms with Crippen molar-refractivity contribution in [2.45, 2.75) is 13.3 Å². The first-order chi connectivity index (χ1) is 6.79. The van der Waals surface area contributed by atoms with Crippen LogP contribution < -0.4 is 10.6 Å². The van der Waals surface area contributed by atoms with Gasteiger partial charge in [0.15, 0.2) is 11.6 Å². The van der Waals surface area contributed by atoms with Gasteiger partial charge in [0.25, 0.3) is 0 Å². The Bertz CT molecular complexity index is 330. The molecule has 0 bridgehead atoms. The highest BCUT2D eigenvalue weighted by atomic mass is 15.2. The molecule has 0 aliphatic rings. The Morgan fingerprint density at radius 1 is 1.50 bits per heavy atom. The highest BCUT2D eigenvalue weighted by Gasteiger charge is 2.08. The molecule has 74 valence electrons. The lowest BCUT2D eigenvalue weighted by Crippen LogP contribution is -2.26. The van der Waals surface area contributed by atoms with E-state index in [-0.39, 0.29) is 0 Å². The quantitative estimate of drug-likeness (QED) is 0.761. The predicted molar refractivity (Wildman–Crippen MR) is 54.6 cm³/mol. The van der Waals surface area contributed by atoms with Gasteiger partial charge in [-0.1, -0.05) is 0 Å². The van der Waals surface area contributed by atoms with Gasteiger partial charge in [-0.3, -0.25) is 0 Å². The minimum atomic E-state index is 0.410. The van der Waals surface area contributed by atoms with Crippen LogP contribution in [0.15, 0.2) is 12.4 Å². The molecule has 14 heavy (non-hydrogen) atoms. The summed E-state index contributed by atoms with van der Waals surface area (Å²) in [6.45, 7) is 3.39. The van der Waals surface area contributed by atoms with Crippen molar-refractivity contribution < 1.29 is 0 Å². The Morgan fingerprint density at radius 3 is 2.79 bits per heavy atom. The molecule has 1 heterocycles. The first-order valence-corrected chi connectivity index (χ1v) is 4.48. The van der Waals surface area contributed by atoms with Crippen molar-refractivity contribution in [1.82, 2.24) is 9.97 Å². The van der Waals surface area contributed by atoms with Gasteiger partial charge in [0.1, 0.15) is 0 Å². The maximum absolute atomic E-state index is 8.48. The molecule has 0 radical (unpaired) electrons. The normalized spacial score (nSPS) is 9.43. The number of nitrogens with zero attached hydrogens (tertiary/aromatic N) is 4. The Balaban J connectivity index is 2.79. The molecular formula is C9H13N5. The Morgan fingerprint density at radius 2 is 2.21 bits per heavy atom. The van der Waals surface area contributed by atoms with Crippen molar-refractivity contribution in [3.05, 3.63) is 12.4 Å². The van der Waals surface area contributed by atoms with Gasteiger partial charge in [-0.2, -0.15) is 5.26 Å². The van der Waals surface area contributed by atoms with E-state index in [9.17, 15) is 0 Å². The summed E-state index contributed by atoms with van der Waals surface area (Å²) >= 11 is 0. The van der Waals surface area contributed by atoms with Gasteiger partial charge >= 0.3 is 0 Å². The summed E-state index contributed by atoms with van der Waals surface area (Å²) in [5, 5.41) is 8.48. The molecule has 0 saturated carbocycles. The second kappa shape index (κ2) is 5.02. The summed E-state index contributed by atoms with van der Waals surface area (Å²) < 4.78 is 0. The van der Waals surface area contributed by atoms with Crippen molar-refractivity contribution in [2.75, 3.05) is 23.7 Å². The molecule has 0 aromatic carbocycles. The molecule has 0 spiro atoms. The van der Waals surface area contributed by atoms with Crippen LogP contribution in [0.2, 0.25) is 0 Å². The van der Waals surface area contributed by atoms with Crippen molar-refractivity contribution in [1.29, 1.82) is 5.26 Å². The van der Waals surface area contributed by atoms with Gasteiger partial charge in [0.2, 0.25) is 0 Å². The average molecular weight is 191 g/mol. The predicted octanol–water partition coefficient (Wildman–Crippen LogP) is 0.799. The van der Waals surface area contributed by atoms with Crippen molar-refractivity contribution in [2.24, 2.45) is 0 Å². The monoisotopic (exact) mass is 191 g/mol. The van der Waals surface area contributed by atoms with Crippen LogP contribution in [0, 0.1) is 11.3 Å². The summed E-state index contributed by atoms with van der Waals surface area (Å²) in [5.41, 5.74) is 5.67. The zero-order valence-electron chi connectivity index (χ0n) is 8.14. The number of rotatable bonds is 4. The number of hydrogen-bond donors (Lipinski definition) is 1. The van der Waals surface area contributed by atoms with Crippen LogP contribution in [0.4, 0.5) is 11.6 Å². The molecular weight excluding hydrogens is 178 g/mol. The number of nitriles is 1. The molecule has 1 rings (SSSR count). The summed E-state index contributed by atoms with van der Waals surface area (Å²) in [5.74, 6) is 1.07. The number of aromatic nitrogens is 2. The van der Waals surface area contributed by atoms with E-state index in [1.807, 2.05) is 11.8 Å². The van der Waals surface area contributed by atoms with E-state index in [4.69, 9.17) is 11.0 Å². The van der Waals surface area contributed by atoms with E-state index >= 15 is 0 Å². The topological polar surface area (TPSA) is 78.8 Å². The van der Waals surface area contributed by atoms with E-state index in [0.717, 1.165) is 6.54 Å². The van der Waals surface area contributed by atoms with Crippen LogP contribution in [0.1, 0.15) is 13.3 Å². The van der Waals surface area contributed by atoms with Gasteiger partial charge in [-0.15, -0.1) is 0 Å². The fourth-order valence-electron chi connectivity index (χ4n) is 1.18. The molecule has 0 atom stereocenters. The van der Waals surface area contributed by atoms with Gasteiger partial charge in [-0.25, -0.2) is 9.97 Å². The van der Waals surface area contributed by atoms with Gasteiger partial charge < -0.3 is 10.6 Å². The lowest BCUT2D eigenvalue weighted by Gasteiger charge is -2.20. The Kier molecular flexibility index (Phi) is 3.68. The van der Waals surface area contributed by atoms with Crippen LogP contribution in [-0.4, -0.2) is 23.1 Å². The number of hydrogen-bond acceptors (Lipinski definition) is 5. The summed E-state index contributed by atoms with van der Waals surface area (Å²) in [7, 11) is 0. The van der Waals surface area contributed by atoms with E-state index in [1.54, 1.807) is 12.4 Å². The second-order valence-electron chi connectivity index (χ2n) is 2.75. The van der Waals surface area contributed by atoms with Crippen LogP contribution in [0.3, 0.4) is 0 Å². The van der Waals surface area contributed by atoms with Crippen molar-refractivity contribution in [3.63, 3.8) is 0 Å². The Hall–Kier alpha value is -1.83. The van der Waals surface area contributed by atoms with E-state index < -0.39 is 0 Å². The maximum atomic E-state index is 8.48. The molecule has 0 fully saturated rings. The zero-order chi connectivity index (χ0) is 10.4. The van der Waals surface area contributed by atoms with Crippen LogP contribution in [0.5, 0.6) is 0 Å². The minimum Gasteiger partial charge on any atom is -0.381 e. The molecule has 5 nitrogen and oxygen atoms in total. The number of anilines is 2. The fraction of sp³-hybridized carbons (Fsp3) is 0.444. The van der Waals surface area contributed by atoms with Gasteiger partial charge in [0.05, 0.1) is 12.5 Å². The summed E-state index contributed by atoms with van der Waals surface area (Å²) in [6, 6.07) is 2.09. The standard InChI is InChI=1S/C9H13N5/c1-2-14(7-3-4-10)9-8(11)12-5-6-13-9/h5-6H,2-3,7H2,1H3,(H2,11,12). The summed E-state index contributed by atoms with van der Waals surface area (Å²) in [4.78, 5) is 10.0. The van der Waals surface area contributed by atoms with Crippen LogP contribution in [-0.2, 0) is 0 Å². The van der Waals surface area contributed by atoms with Gasteiger partial charge in [-0.05, 0) is 6.92 Å². The summed E-state index contributed by atoms with van der Waals surface area (Å²) in [6.07, 6.45) is 3.61. The highest BCUT2D eigenvalue weighted by Crippen LogP contribution is 2.15. The molecule has 0 saturated heterocycles. The van der Waals surface area contributed by atoms with E-state index in [1.165, 1.54) is 0 Å². The first-order valence-electron chi connectivity index (χ1n) is 4.48. The second-order valence-corrected chi connectivity index (χ2v) is 2.75. The average Bonchev–Trinajstić information content (AvgIpc) is 2.21. The van der Waals surface area contributed by atoms with Crippen molar-refractivity contribution in [3.8, 4) is 6.07 Å². The van der Waals surface area contributed by atoms with Crippen LogP contribution in [0.25, 0.3) is 0 Å². The largest absolute Gasteiger partial charge is 0.381 e. The van der Waals surface area contributed by atoms with Gasteiger partial charge in [0, 0.05) is 25.5 Å². The van der Waals surface area contributed by atoms with E-state index in [2.05, 4.69) is 16.0 Å². The smallest absolute Gasteiger partial charge is 0.171 e. The first kappa shape index (κ1) is 10.3. The van der Waals surface area contributed by atoms with Crippen LogP contribution >= 0.6 is 0 Å². The SMILES string of the molecule is CCN(CCC#N)c1nccnc1N. The molecule has 0 unspecified atom stereocenters. The lowest BCUT2D eigenvalue weighted by atomic mass is 10.4. The molecule has 1 aromatic heterocycles. The Labute approximate surface area is 83.2 Å². The molecule has 0 aliphatic heterocycles. The van der Waals surface area contributed by atoms with Crippen molar-refractivity contribution >= 4 is 11.6 Å². The minimum absolute atomic E-state index is 0.410. The zero-order valence-corrected chi connectivity index (χ0v) is 8.14. The molecule has 5 heteroatoms.